The van der Waals surface area contributed by atoms with Crippen LogP contribution in [0.25, 0.3) is 0 Å². The van der Waals surface area contributed by atoms with Gasteiger partial charge in [-0.1, -0.05) is 13.8 Å². The van der Waals surface area contributed by atoms with Crippen LogP contribution in [-0.2, 0) is 14.3 Å². The fraction of sp³-hybridized carbons (Fsp3) is 0.667. The molecular formula is C15H25N3O4. The highest BCUT2D eigenvalue weighted by Gasteiger charge is 2.28. The first kappa shape index (κ1) is 18.0. The van der Waals surface area contributed by atoms with Crippen LogP contribution in [0.5, 0.6) is 0 Å². The average molecular weight is 311 g/mol. The Kier molecular flexibility index (Phi) is 5.96. The van der Waals surface area contributed by atoms with E-state index >= 15 is 0 Å². The van der Waals surface area contributed by atoms with E-state index in [1.165, 1.54) is 16.0 Å². The Morgan fingerprint density at radius 2 is 1.73 bits per heavy atom. The minimum Gasteiger partial charge on any atom is -0.391 e. The molecule has 1 aliphatic rings. The quantitative estimate of drug-likeness (QED) is 0.862. The Bertz CT molecular complexity index is 480. The van der Waals surface area contributed by atoms with E-state index in [1.807, 2.05) is 20.8 Å². The summed E-state index contributed by atoms with van der Waals surface area (Å²) >= 11 is 0. The normalized spacial score (nSPS) is 15.2. The van der Waals surface area contributed by atoms with Crippen molar-refractivity contribution in [2.75, 3.05) is 13.1 Å². The molecule has 1 N–H and O–H groups in total. The smallest absolute Gasteiger partial charge is 0.391 e. The topological polar surface area (TPSA) is 79.0 Å². The Labute approximate surface area is 131 Å². The SMILES string of the molecule is CCC(=O)N1C=C(OC(=O)NC(C)(C)C)N(C(=O)CC)CC1. The van der Waals surface area contributed by atoms with Crippen molar-refractivity contribution >= 4 is 17.9 Å². The summed E-state index contributed by atoms with van der Waals surface area (Å²) in [4.78, 5) is 38.5. The number of ether oxygens (including phenoxy) is 1. The number of hydrogen-bond acceptors (Lipinski definition) is 4. The predicted octanol–water partition coefficient (Wildman–Crippen LogP) is 1.80. The molecular weight excluding hydrogens is 286 g/mol. The van der Waals surface area contributed by atoms with Crippen molar-refractivity contribution in [3.63, 3.8) is 0 Å². The van der Waals surface area contributed by atoms with Gasteiger partial charge in [0.25, 0.3) is 0 Å². The molecule has 0 radical (unpaired) electrons. The number of hydrogen-bond donors (Lipinski definition) is 1. The molecule has 0 spiro atoms. The number of carbonyl (C=O) groups is 3. The molecule has 0 aliphatic carbocycles. The van der Waals surface area contributed by atoms with Crippen molar-refractivity contribution in [1.82, 2.24) is 15.1 Å². The summed E-state index contributed by atoms with van der Waals surface area (Å²) in [6.07, 6.45) is 1.41. The van der Waals surface area contributed by atoms with Crippen molar-refractivity contribution < 1.29 is 19.1 Å². The molecule has 0 atom stereocenters. The summed E-state index contributed by atoms with van der Waals surface area (Å²) in [5.41, 5.74) is -0.454. The predicted molar refractivity (Wildman–Crippen MR) is 81.5 cm³/mol. The van der Waals surface area contributed by atoms with Crippen LogP contribution >= 0.6 is 0 Å². The maximum Gasteiger partial charge on any atom is 0.414 e. The lowest BCUT2D eigenvalue weighted by molar-refractivity contribution is -0.135. The van der Waals surface area contributed by atoms with E-state index in [-0.39, 0.29) is 17.7 Å². The zero-order chi connectivity index (χ0) is 16.9. The van der Waals surface area contributed by atoms with E-state index in [2.05, 4.69) is 5.32 Å². The van der Waals surface area contributed by atoms with Crippen LogP contribution in [0.1, 0.15) is 47.5 Å². The molecule has 7 nitrogen and oxygen atoms in total. The second-order valence-corrected chi connectivity index (χ2v) is 6.07. The van der Waals surface area contributed by atoms with Crippen LogP contribution in [0.15, 0.2) is 12.1 Å². The van der Waals surface area contributed by atoms with Crippen molar-refractivity contribution in [3.8, 4) is 0 Å². The molecule has 1 heterocycles. The average Bonchev–Trinajstić information content (AvgIpc) is 2.43. The van der Waals surface area contributed by atoms with Crippen LogP contribution in [-0.4, -0.2) is 46.3 Å². The zero-order valence-electron chi connectivity index (χ0n) is 13.9. The summed E-state index contributed by atoms with van der Waals surface area (Å²) in [6, 6.07) is 0. The lowest BCUT2D eigenvalue weighted by Gasteiger charge is -2.33. The first-order valence-corrected chi connectivity index (χ1v) is 7.49. The minimum absolute atomic E-state index is 0.0825. The van der Waals surface area contributed by atoms with E-state index in [0.717, 1.165) is 0 Å². The van der Waals surface area contributed by atoms with Gasteiger partial charge in [-0.15, -0.1) is 0 Å². The van der Waals surface area contributed by atoms with Gasteiger partial charge in [0, 0.05) is 31.5 Å². The van der Waals surface area contributed by atoms with E-state index in [9.17, 15) is 14.4 Å². The second kappa shape index (κ2) is 7.29. The third kappa shape index (κ3) is 5.05. The lowest BCUT2D eigenvalue weighted by Crippen LogP contribution is -2.47. The summed E-state index contributed by atoms with van der Waals surface area (Å²) in [6.45, 7) is 9.67. The molecule has 1 rings (SSSR count). The van der Waals surface area contributed by atoms with Crippen LogP contribution in [0, 0.1) is 0 Å². The van der Waals surface area contributed by atoms with E-state index in [0.29, 0.717) is 25.9 Å². The highest BCUT2D eigenvalue weighted by Crippen LogP contribution is 2.17. The Morgan fingerprint density at radius 3 is 2.23 bits per heavy atom. The molecule has 0 aromatic rings. The maximum absolute atomic E-state index is 12.0. The van der Waals surface area contributed by atoms with Crippen LogP contribution in [0.2, 0.25) is 0 Å². The number of alkyl carbamates (subject to hydrolysis) is 1. The maximum atomic E-state index is 12.0. The Hall–Kier alpha value is -2.05. The van der Waals surface area contributed by atoms with Crippen LogP contribution in [0.3, 0.4) is 0 Å². The fourth-order valence-electron chi connectivity index (χ4n) is 1.93. The summed E-state index contributed by atoms with van der Waals surface area (Å²) in [5, 5.41) is 2.66. The van der Waals surface area contributed by atoms with Gasteiger partial charge < -0.3 is 15.0 Å². The van der Waals surface area contributed by atoms with Gasteiger partial charge in [-0.05, 0) is 20.8 Å². The number of nitrogens with one attached hydrogen (secondary N) is 1. The summed E-state index contributed by atoms with van der Waals surface area (Å²) in [7, 11) is 0. The molecule has 0 aromatic heterocycles. The van der Waals surface area contributed by atoms with Gasteiger partial charge in [0.05, 0.1) is 6.20 Å². The van der Waals surface area contributed by atoms with Crippen molar-refractivity contribution in [3.05, 3.63) is 12.1 Å². The van der Waals surface area contributed by atoms with Crippen LogP contribution < -0.4 is 5.32 Å². The fourth-order valence-corrected chi connectivity index (χ4v) is 1.93. The molecule has 124 valence electrons. The lowest BCUT2D eigenvalue weighted by atomic mass is 10.1. The molecule has 0 bridgehead atoms. The van der Waals surface area contributed by atoms with Gasteiger partial charge in [-0.3, -0.25) is 14.5 Å². The molecule has 0 saturated heterocycles. The highest BCUT2D eigenvalue weighted by molar-refractivity contribution is 5.81. The Morgan fingerprint density at radius 1 is 1.14 bits per heavy atom. The van der Waals surface area contributed by atoms with Gasteiger partial charge >= 0.3 is 6.09 Å². The van der Waals surface area contributed by atoms with E-state index < -0.39 is 11.6 Å². The summed E-state index contributed by atoms with van der Waals surface area (Å²) < 4.78 is 5.25. The van der Waals surface area contributed by atoms with Gasteiger partial charge in [-0.25, -0.2) is 4.79 Å². The monoisotopic (exact) mass is 311 g/mol. The minimum atomic E-state index is -0.654. The van der Waals surface area contributed by atoms with Crippen LogP contribution in [0.4, 0.5) is 4.79 Å². The molecule has 22 heavy (non-hydrogen) atoms. The second-order valence-electron chi connectivity index (χ2n) is 6.07. The number of rotatable bonds is 3. The highest BCUT2D eigenvalue weighted by atomic mass is 16.6. The first-order valence-electron chi connectivity index (χ1n) is 7.49. The molecule has 0 aromatic carbocycles. The standard InChI is InChI=1S/C15H25N3O4/c1-6-11(19)17-8-9-18(12(20)7-2)13(10-17)22-14(21)16-15(3,4)5/h10H,6-9H2,1-5H3,(H,16,21). The molecule has 1 aliphatic heterocycles. The molecule has 0 saturated carbocycles. The number of nitrogens with zero attached hydrogens (tertiary/aromatic N) is 2. The molecule has 3 amide bonds. The first-order chi connectivity index (χ1) is 10.2. The van der Waals surface area contributed by atoms with Crippen molar-refractivity contribution in [2.45, 2.75) is 53.0 Å². The largest absolute Gasteiger partial charge is 0.414 e. The number of carbonyl (C=O) groups excluding carboxylic acids is 3. The van der Waals surface area contributed by atoms with Gasteiger partial charge in [0.1, 0.15) is 0 Å². The van der Waals surface area contributed by atoms with E-state index in [1.54, 1.807) is 13.8 Å². The third-order valence-corrected chi connectivity index (χ3v) is 3.00. The zero-order valence-corrected chi connectivity index (χ0v) is 13.9. The van der Waals surface area contributed by atoms with Gasteiger partial charge in [-0.2, -0.15) is 0 Å². The van der Waals surface area contributed by atoms with Gasteiger partial charge in [0.15, 0.2) is 0 Å². The summed E-state index contributed by atoms with van der Waals surface area (Å²) in [5.74, 6) is -0.152. The molecule has 0 unspecified atom stereocenters. The molecule has 7 heteroatoms. The number of amides is 3. The van der Waals surface area contributed by atoms with Crippen molar-refractivity contribution in [1.29, 1.82) is 0 Å². The Balaban J connectivity index is 2.93. The van der Waals surface area contributed by atoms with E-state index in [4.69, 9.17) is 4.74 Å². The van der Waals surface area contributed by atoms with Crippen molar-refractivity contribution in [2.24, 2.45) is 0 Å². The van der Waals surface area contributed by atoms with Gasteiger partial charge in [0.2, 0.25) is 17.7 Å². The third-order valence-electron chi connectivity index (χ3n) is 3.00. The molecule has 0 fully saturated rings.